The lowest BCUT2D eigenvalue weighted by Crippen LogP contribution is -2.40. The Labute approximate surface area is 124 Å². The lowest BCUT2D eigenvalue weighted by atomic mass is 10.2. The SMILES string of the molecule is COc1ccc2c(c1)nc(C(C)Cl)n2N1CCCCC1. The Hall–Kier alpha value is -1.42. The molecule has 1 atom stereocenters. The van der Waals surface area contributed by atoms with Crippen molar-refractivity contribution < 1.29 is 4.74 Å². The van der Waals surface area contributed by atoms with Gasteiger partial charge in [-0.15, -0.1) is 11.6 Å². The number of fused-ring (bicyclic) bond motifs is 1. The molecule has 1 aliphatic rings. The topological polar surface area (TPSA) is 30.3 Å². The molecule has 4 nitrogen and oxygen atoms in total. The molecule has 20 heavy (non-hydrogen) atoms. The van der Waals surface area contributed by atoms with E-state index < -0.39 is 0 Å². The Morgan fingerprint density at radius 2 is 2.00 bits per heavy atom. The summed E-state index contributed by atoms with van der Waals surface area (Å²) in [5.74, 6) is 1.74. The summed E-state index contributed by atoms with van der Waals surface area (Å²) >= 11 is 6.33. The fraction of sp³-hybridized carbons (Fsp3) is 0.533. The smallest absolute Gasteiger partial charge is 0.146 e. The molecule has 0 bridgehead atoms. The third-order valence-corrected chi connectivity index (χ3v) is 4.03. The van der Waals surface area contributed by atoms with E-state index in [0.29, 0.717) is 0 Å². The second-order valence-corrected chi connectivity index (χ2v) is 5.92. The Bertz CT molecular complexity index is 602. The van der Waals surface area contributed by atoms with Crippen molar-refractivity contribution in [2.75, 3.05) is 25.2 Å². The summed E-state index contributed by atoms with van der Waals surface area (Å²) < 4.78 is 7.48. The molecule has 3 rings (SSSR count). The molecule has 0 amide bonds. The summed E-state index contributed by atoms with van der Waals surface area (Å²) in [6.07, 6.45) is 3.76. The predicted octanol–water partition coefficient (Wildman–Crippen LogP) is 3.47. The van der Waals surface area contributed by atoms with E-state index in [1.807, 2.05) is 19.1 Å². The largest absolute Gasteiger partial charge is 0.497 e. The fourth-order valence-corrected chi connectivity index (χ4v) is 2.97. The molecular weight excluding hydrogens is 274 g/mol. The van der Waals surface area contributed by atoms with Crippen LogP contribution < -0.4 is 9.75 Å². The number of benzene rings is 1. The van der Waals surface area contributed by atoms with Crippen molar-refractivity contribution in [1.29, 1.82) is 0 Å². The lowest BCUT2D eigenvalue weighted by Gasteiger charge is -2.31. The van der Waals surface area contributed by atoms with Crippen molar-refractivity contribution in [3.05, 3.63) is 24.0 Å². The van der Waals surface area contributed by atoms with Gasteiger partial charge in [-0.2, -0.15) is 0 Å². The minimum Gasteiger partial charge on any atom is -0.497 e. The van der Waals surface area contributed by atoms with Crippen LogP contribution in [-0.4, -0.2) is 29.9 Å². The number of alkyl halides is 1. The number of ether oxygens (including phenoxy) is 1. The first-order chi connectivity index (χ1) is 9.70. The number of rotatable bonds is 3. The summed E-state index contributed by atoms with van der Waals surface area (Å²) in [5.41, 5.74) is 2.05. The predicted molar refractivity (Wildman–Crippen MR) is 82.4 cm³/mol. The Balaban J connectivity index is 2.13. The highest BCUT2D eigenvalue weighted by molar-refractivity contribution is 6.20. The molecule has 2 aromatic rings. The summed E-state index contributed by atoms with van der Waals surface area (Å²) in [5, 5.41) is 2.25. The van der Waals surface area contributed by atoms with Gasteiger partial charge in [-0.25, -0.2) is 9.66 Å². The van der Waals surface area contributed by atoms with E-state index in [4.69, 9.17) is 21.3 Å². The van der Waals surface area contributed by atoms with Crippen molar-refractivity contribution in [2.24, 2.45) is 0 Å². The van der Waals surface area contributed by atoms with Crippen molar-refractivity contribution in [1.82, 2.24) is 9.66 Å². The first-order valence-electron chi connectivity index (χ1n) is 7.16. The molecule has 5 heteroatoms. The number of aromatic nitrogens is 2. The molecule has 0 radical (unpaired) electrons. The van der Waals surface area contributed by atoms with Gasteiger partial charge >= 0.3 is 0 Å². The maximum Gasteiger partial charge on any atom is 0.146 e. The standard InChI is InChI=1S/C15H20ClN3O/c1-11(16)15-17-13-10-12(20-2)6-7-14(13)19(15)18-8-4-3-5-9-18/h6-7,10-11H,3-5,8-9H2,1-2H3. The van der Waals surface area contributed by atoms with Crippen molar-refractivity contribution in [3.63, 3.8) is 0 Å². The lowest BCUT2D eigenvalue weighted by molar-refractivity contribution is 0.415. The first kappa shape index (κ1) is 13.6. The van der Waals surface area contributed by atoms with Crippen molar-refractivity contribution >= 4 is 22.6 Å². The zero-order valence-electron chi connectivity index (χ0n) is 12.0. The Morgan fingerprint density at radius 1 is 1.25 bits per heavy atom. The second kappa shape index (κ2) is 5.52. The van der Waals surface area contributed by atoms with E-state index in [-0.39, 0.29) is 5.38 Å². The molecule has 0 aliphatic carbocycles. The highest BCUT2D eigenvalue weighted by Crippen LogP contribution is 2.28. The molecule has 2 heterocycles. The van der Waals surface area contributed by atoms with Gasteiger partial charge in [-0.1, -0.05) is 0 Å². The van der Waals surface area contributed by atoms with Gasteiger partial charge in [0.05, 0.1) is 23.5 Å². The highest BCUT2D eigenvalue weighted by atomic mass is 35.5. The Kier molecular flexibility index (Phi) is 3.74. The summed E-state index contributed by atoms with van der Waals surface area (Å²) in [4.78, 5) is 4.71. The van der Waals surface area contributed by atoms with E-state index in [0.717, 1.165) is 35.7 Å². The molecule has 1 aromatic carbocycles. The molecule has 1 aromatic heterocycles. The normalized spacial score (nSPS) is 17.4. The van der Waals surface area contributed by atoms with Crippen LogP contribution in [0.1, 0.15) is 37.4 Å². The van der Waals surface area contributed by atoms with Gasteiger partial charge in [0, 0.05) is 19.2 Å². The highest BCUT2D eigenvalue weighted by Gasteiger charge is 2.21. The fourth-order valence-electron chi connectivity index (χ4n) is 2.82. The zero-order chi connectivity index (χ0) is 14.1. The summed E-state index contributed by atoms with van der Waals surface area (Å²) in [7, 11) is 1.67. The van der Waals surface area contributed by atoms with Gasteiger partial charge in [-0.3, -0.25) is 0 Å². The quantitative estimate of drug-likeness (QED) is 0.812. The van der Waals surface area contributed by atoms with Crippen LogP contribution >= 0.6 is 11.6 Å². The van der Waals surface area contributed by atoms with E-state index in [1.54, 1.807) is 7.11 Å². The molecule has 0 saturated carbocycles. The number of imidazole rings is 1. The van der Waals surface area contributed by atoms with Gasteiger partial charge in [0.15, 0.2) is 0 Å². The van der Waals surface area contributed by atoms with Gasteiger partial charge in [0.1, 0.15) is 11.6 Å². The number of piperidine rings is 1. The molecule has 1 unspecified atom stereocenters. The number of methoxy groups -OCH3 is 1. The van der Waals surface area contributed by atoms with Gasteiger partial charge < -0.3 is 9.75 Å². The van der Waals surface area contributed by atoms with Gasteiger partial charge in [0.25, 0.3) is 0 Å². The van der Waals surface area contributed by atoms with Crippen LogP contribution in [0.15, 0.2) is 18.2 Å². The zero-order valence-corrected chi connectivity index (χ0v) is 12.7. The number of halogens is 1. The van der Waals surface area contributed by atoms with E-state index in [1.165, 1.54) is 19.3 Å². The third kappa shape index (κ3) is 2.33. The summed E-state index contributed by atoms with van der Waals surface area (Å²) in [6.45, 7) is 4.10. The molecule has 108 valence electrons. The second-order valence-electron chi connectivity index (χ2n) is 5.27. The molecular formula is C15H20ClN3O. The molecule has 0 N–H and O–H groups in total. The Morgan fingerprint density at radius 3 is 2.65 bits per heavy atom. The molecule has 1 saturated heterocycles. The molecule has 0 spiro atoms. The van der Waals surface area contributed by atoms with E-state index in [2.05, 4.69) is 15.8 Å². The van der Waals surface area contributed by atoms with Crippen LogP contribution in [0.4, 0.5) is 0 Å². The van der Waals surface area contributed by atoms with Crippen LogP contribution in [0.5, 0.6) is 5.75 Å². The average molecular weight is 294 g/mol. The maximum atomic E-state index is 6.33. The van der Waals surface area contributed by atoms with E-state index >= 15 is 0 Å². The maximum absolute atomic E-state index is 6.33. The van der Waals surface area contributed by atoms with Crippen LogP contribution in [0.2, 0.25) is 0 Å². The summed E-state index contributed by atoms with van der Waals surface area (Å²) in [6, 6.07) is 6.02. The number of hydrogen-bond donors (Lipinski definition) is 0. The minimum atomic E-state index is -0.115. The van der Waals surface area contributed by atoms with E-state index in [9.17, 15) is 0 Å². The molecule has 1 aliphatic heterocycles. The monoisotopic (exact) mass is 293 g/mol. The molecule has 1 fully saturated rings. The van der Waals surface area contributed by atoms with Gasteiger partial charge in [-0.05, 0) is 38.3 Å². The third-order valence-electron chi connectivity index (χ3n) is 3.83. The van der Waals surface area contributed by atoms with Crippen LogP contribution in [0.25, 0.3) is 11.0 Å². The van der Waals surface area contributed by atoms with Gasteiger partial charge in [0.2, 0.25) is 0 Å². The van der Waals surface area contributed by atoms with Crippen molar-refractivity contribution in [2.45, 2.75) is 31.6 Å². The van der Waals surface area contributed by atoms with Crippen LogP contribution in [0.3, 0.4) is 0 Å². The average Bonchev–Trinajstić information content (AvgIpc) is 2.86. The number of hydrogen-bond acceptors (Lipinski definition) is 3. The first-order valence-corrected chi connectivity index (χ1v) is 7.60. The van der Waals surface area contributed by atoms with Crippen LogP contribution in [0, 0.1) is 0 Å². The van der Waals surface area contributed by atoms with Crippen molar-refractivity contribution in [3.8, 4) is 5.75 Å². The number of nitrogens with zero attached hydrogens (tertiary/aromatic N) is 3. The van der Waals surface area contributed by atoms with Crippen LogP contribution in [-0.2, 0) is 0 Å². The minimum absolute atomic E-state index is 0.115.